The SMILES string of the molecule is COc1ccc(CC(Cc2ccc3c(c2)OCO3)NC(=O)COc2ccccc2)cc1. The van der Waals surface area contributed by atoms with E-state index in [1.807, 2.05) is 72.8 Å². The molecule has 1 unspecified atom stereocenters. The number of amides is 1. The van der Waals surface area contributed by atoms with E-state index in [-0.39, 0.29) is 25.3 Å². The van der Waals surface area contributed by atoms with Gasteiger partial charge in [0.1, 0.15) is 11.5 Å². The first-order valence-corrected chi connectivity index (χ1v) is 10.2. The van der Waals surface area contributed by atoms with E-state index < -0.39 is 0 Å². The summed E-state index contributed by atoms with van der Waals surface area (Å²) in [6.07, 6.45) is 1.33. The highest BCUT2D eigenvalue weighted by molar-refractivity contribution is 5.78. The van der Waals surface area contributed by atoms with Gasteiger partial charge in [0.2, 0.25) is 6.79 Å². The van der Waals surface area contributed by atoms with Crippen LogP contribution in [0.4, 0.5) is 0 Å². The maximum atomic E-state index is 12.6. The highest BCUT2D eigenvalue weighted by atomic mass is 16.7. The fraction of sp³-hybridized carbons (Fsp3) is 0.240. The van der Waals surface area contributed by atoms with Crippen LogP contribution in [0.25, 0.3) is 0 Å². The third kappa shape index (κ3) is 5.69. The normalized spacial score (nSPS) is 12.8. The molecule has 6 heteroatoms. The highest BCUT2D eigenvalue weighted by Crippen LogP contribution is 2.33. The molecule has 3 aromatic carbocycles. The van der Waals surface area contributed by atoms with Crippen LogP contribution in [-0.4, -0.2) is 32.5 Å². The van der Waals surface area contributed by atoms with E-state index in [0.717, 1.165) is 28.4 Å². The van der Waals surface area contributed by atoms with Crippen LogP contribution in [0.1, 0.15) is 11.1 Å². The van der Waals surface area contributed by atoms with E-state index in [2.05, 4.69) is 5.32 Å². The predicted octanol–water partition coefficient (Wildman–Crippen LogP) is 3.77. The van der Waals surface area contributed by atoms with Crippen molar-refractivity contribution in [1.29, 1.82) is 0 Å². The molecule has 1 atom stereocenters. The van der Waals surface area contributed by atoms with Crippen molar-refractivity contribution < 1.29 is 23.7 Å². The van der Waals surface area contributed by atoms with Gasteiger partial charge in [-0.15, -0.1) is 0 Å². The van der Waals surface area contributed by atoms with E-state index in [0.29, 0.717) is 18.6 Å². The van der Waals surface area contributed by atoms with Crippen LogP contribution >= 0.6 is 0 Å². The van der Waals surface area contributed by atoms with Crippen molar-refractivity contribution in [1.82, 2.24) is 5.32 Å². The molecule has 3 aromatic rings. The van der Waals surface area contributed by atoms with Crippen LogP contribution in [0.5, 0.6) is 23.0 Å². The average Bonchev–Trinajstić information content (AvgIpc) is 3.27. The third-order valence-corrected chi connectivity index (χ3v) is 5.04. The zero-order valence-electron chi connectivity index (χ0n) is 17.4. The molecule has 31 heavy (non-hydrogen) atoms. The number of ether oxygens (including phenoxy) is 4. The molecular weight excluding hydrogens is 394 g/mol. The fourth-order valence-electron chi connectivity index (χ4n) is 3.51. The van der Waals surface area contributed by atoms with Crippen LogP contribution in [0, 0.1) is 0 Å². The zero-order chi connectivity index (χ0) is 21.5. The minimum absolute atomic E-state index is 0.0374. The Kier molecular flexibility index (Phi) is 6.57. The van der Waals surface area contributed by atoms with Crippen molar-refractivity contribution in [3.63, 3.8) is 0 Å². The predicted molar refractivity (Wildman–Crippen MR) is 117 cm³/mol. The van der Waals surface area contributed by atoms with Gasteiger partial charge in [0.25, 0.3) is 5.91 Å². The summed E-state index contributed by atoms with van der Waals surface area (Å²) in [5.41, 5.74) is 2.17. The molecule has 160 valence electrons. The van der Waals surface area contributed by atoms with Crippen LogP contribution in [-0.2, 0) is 17.6 Å². The van der Waals surface area contributed by atoms with Gasteiger partial charge in [-0.1, -0.05) is 36.4 Å². The summed E-state index contributed by atoms with van der Waals surface area (Å²) in [5.74, 6) is 2.79. The molecule has 4 rings (SSSR count). The number of hydrogen-bond donors (Lipinski definition) is 1. The van der Waals surface area contributed by atoms with Gasteiger partial charge in [0.15, 0.2) is 18.1 Å². The largest absolute Gasteiger partial charge is 0.497 e. The lowest BCUT2D eigenvalue weighted by atomic mass is 9.98. The Hall–Kier alpha value is -3.67. The first-order chi connectivity index (χ1) is 15.2. The Labute approximate surface area is 181 Å². The lowest BCUT2D eigenvalue weighted by Crippen LogP contribution is -2.40. The maximum Gasteiger partial charge on any atom is 0.258 e. The van der Waals surface area contributed by atoms with E-state index in [4.69, 9.17) is 18.9 Å². The molecule has 1 heterocycles. The molecule has 1 N–H and O–H groups in total. The number of para-hydroxylation sites is 1. The van der Waals surface area contributed by atoms with Crippen LogP contribution in [0.15, 0.2) is 72.8 Å². The van der Waals surface area contributed by atoms with Gasteiger partial charge in [-0.05, 0) is 60.4 Å². The number of benzene rings is 3. The quantitative estimate of drug-likeness (QED) is 0.572. The van der Waals surface area contributed by atoms with Gasteiger partial charge in [-0.3, -0.25) is 4.79 Å². The minimum Gasteiger partial charge on any atom is -0.497 e. The van der Waals surface area contributed by atoms with Crippen molar-refractivity contribution in [2.75, 3.05) is 20.5 Å². The Morgan fingerprint density at radius 1 is 0.903 bits per heavy atom. The van der Waals surface area contributed by atoms with Crippen LogP contribution < -0.4 is 24.3 Å². The minimum atomic E-state index is -0.164. The summed E-state index contributed by atoms with van der Waals surface area (Å²) in [6, 6.07) is 22.9. The van der Waals surface area contributed by atoms with Crippen molar-refractivity contribution in [2.24, 2.45) is 0 Å². The van der Waals surface area contributed by atoms with E-state index in [1.165, 1.54) is 0 Å². The summed E-state index contributed by atoms with van der Waals surface area (Å²) in [5, 5.41) is 3.11. The topological polar surface area (TPSA) is 66.0 Å². The first-order valence-electron chi connectivity index (χ1n) is 10.2. The molecule has 1 aliphatic rings. The zero-order valence-corrected chi connectivity index (χ0v) is 17.4. The van der Waals surface area contributed by atoms with Gasteiger partial charge in [0.05, 0.1) is 7.11 Å². The lowest BCUT2D eigenvalue weighted by molar-refractivity contribution is -0.123. The Morgan fingerprint density at radius 3 is 2.39 bits per heavy atom. The molecule has 0 radical (unpaired) electrons. The summed E-state index contributed by atoms with van der Waals surface area (Å²) < 4.78 is 21.7. The van der Waals surface area contributed by atoms with Crippen molar-refractivity contribution in [3.8, 4) is 23.0 Å². The monoisotopic (exact) mass is 419 g/mol. The smallest absolute Gasteiger partial charge is 0.258 e. The van der Waals surface area contributed by atoms with Gasteiger partial charge >= 0.3 is 0 Å². The number of rotatable bonds is 9. The molecule has 0 aliphatic carbocycles. The second kappa shape index (κ2) is 9.89. The fourth-order valence-corrected chi connectivity index (χ4v) is 3.51. The first kappa shape index (κ1) is 20.6. The van der Waals surface area contributed by atoms with E-state index >= 15 is 0 Å². The van der Waals surface area contributed by atoms with Crippen LogP contribution in [0.2, 0.25) is 0 Å². The van der Waals surface area contributed by atoms with Crippen molar-refractivity contribution >= 4 is 5.91 Å². The number of nitrogens with one attached hydrogen (secondary N) is 1. The molecular formula is C25H25NO5. The molecule has 6 nitrogen and oxygen atoms in total. The Bertz CT molecular complexity index is 1000. The highest BCUT2D eigenvalue weighted by Gasteiger charge is 2.18. The Balaban J connectivity index is 1.43. The summed E-state index contributed by atoms with van der Waals surface area (Å²) in [6.45, 7) is 0.200. The molecule has 0 bridgehead atoms. The second-order valence-corrected chi connectivity index (χ2v) is 7.31. The molecule has 0 saturated carbocycles. The maximum absolute atomic E-state index is 12.6. The number of fused-ring (bicyclic) bond motifs is 1. The number of carbonyl (C=O) groups excluding carboxylic acids is 1. The second-order valence-electron chi connectivity index (χ2n) is 7.31. The van der Waals surface area contributed by atoms with E-state index in [9.17, 15) is 4.79 Å². The Morgan fingerprint density at radius 2 is 1.61 bits per heavy atom. The standard InChI is InChI=1S/C25H25NO5/c1-28-21-10-7-18(8-11-21)13-20(14-19-9-12-23-24(15-19)31-17-30-23)26-25(27)16-29-22-5-3-2-4-6-22/h2-12,15,20H,13-14,16-17H2,1H3,(H,26,27). The molecule has 1 aliphatic heterocycles. The van der Waals surface area contributed by atoms with Gasteiger partial charge in [-0.25, -0.2) is 0 Å². The van der Waals surface area contributed by atoms with Crippen molar-refractivity contribution in [3.05, 3.63) is 83.9 Å². The number of carbonyl (C=O) groups is 1. The third-order valence-electron chi connectivity index (χ3n) is 5.04. The number of hydrogen-bond acceptors (Lipinski definition) is 5. The summed E-state index contributed by atoms with van der Waals surface area (Å²) in [4.78, 5) is 12.6. The summed E-state index contributed by atoms with van der Waals surface area (Å²) in [7, 11) is 1.64. The van der Waals surface area contributed by atoms with E-state index in [1.54, 1.807) is 7.11 Å². The van der Waals surface area contributed by atoms with Gasteiger partial charge in [0, 0.05) is 6.04 Å². The van der Waals surface area contributed by atoms with Gasteiger partial charge in [-0.2, -0.15) is 0 Å². The van der Waals surface area contributed by atoms with Gasteiger partial charge < -0.3 is 24.3 Å². The molecule has 0 spiro atoms. The average molecular weight is 419 g/mol. The number of methoxy groups -OCH3 is 1. The van der Waals surface area contributed by atoms with Crippen LogP contribution in [0.3, 0.4) is 0 Å². The summed E-state index contributed by atoms with van der Waals surface area (Å²) >= 11 is 0. The lowest BCUT2D eigenvalue weighted by Gasteiger charge is -2.20. The molecule has 0 saturated heterocycles. The van der Waals surface area contributed by atoms with Crippen molar-refractivity contribution in [2.45, 2.75) is 18.9 Å². The molecule has 0 fully saturated rings. The molecule has 1 amide bonds. The molecule has 0 aromatic heterocycles.